The van der Waals surface area contributed by atoms with E-state index in [-0.39, 0.29) is 11.4 Å². The van der Waals surface area contributed by atoms with Crippen LogP contribution in [-0.2, 0) is 4.84 Å². The molecule has 1 heterocycles. The first-order valence-corrected chi connectivity index (χ1v) is 4.80. The molecule has 0 saturated carbocycles. The maximum atomic E-state index is 11.5. The Labute approximate surface area is 88.3 Å². The number of hydrogen-bond acceptors (Lipinski definition) is 5. The van der Waals surface area contributed by atoms with Gasteiger partial charge in [0.05, 0.1) is 0 Å². The SMILES string of the molecule is CCN(CC)OC(=O)c1ncccc1O. The van der Waals surface area contributed by atoms with Crippen molar-refractivity contribution in [2.24, 2.45) is 0 Å². The van der Waals surface area contributed by atoms with Gasteiger partial charge >= 0.3 is 5.97 Å². The minimum absolute atomic E-state index is 0.0654. The van der Waals surface area contributed by atoms with Crippen molar-refractivity contribution >= 4 is 5.97 Å². The monoisotopic (exact) mass is 210 g/mol. The quantitative estimate of drug-likeness (QED) is 0.756. The van der Waals surface area contributed by atoms with Gasteiger partial charge in [0.1, 0.15) is 5.75 Å². The molecule has 5 nitrogen and oxygen atoms in total. The molecular weight excluding hydrogens is 196 g/mol. The number of carbonyl (C=O) groups excluding carboxylic acids is 1. The number of hydroxylamine groups is 2. The molecule has 0 saturated heterocycles. The van der Waals surface area contributed by atoms with Gasteiger partial charge in [-0.05, 0) is 26.0 Å². The van der Waals surface area contributed by atoms with Crippen LogP contribution >= 0.6 is 0 Å². The van der Waals surface area contributed by atoms with Crippen LogP contribution in [0.1, 0.15) is 24.3 Å². The summed E-state index contributed by atoms with van der Waals surface area (Å²) in [5.74, 6) is -0.813. The Morgan fingerprint density at radius 2 is 2.20 bits per heavy atom. The molecule has 0 aliphatic rings. The van der Waals surface area contributed by atoms with Crippen LogP contribution in [0.3, 0.4) is 0 Å². The molecule has 0 aliphatic heterocycles. The van der Waals surface area contributed by atoms with Crippen LogP contribution in [0, 0.1) is 0 Å². The summed E-state index contributed by atoms with van der Waals surface area (Å²) in [5.41, 5.74) is -0.0654. The van der Waals surface area contributed by atoms with E-state index in [1.807, 2.05) is 13.8 Å². The van der Waals surface area contributed by atoms with Gasteiger partial charge in [-0.2, -0.15) is 0 Å². The number of aromatic hydroxyl groups is 1. The van der Waals surface area contributed by atoms with E-state index >= 15 is 0 Å². The molecule has 15 heavy (non-hydrogen) atoms. The third-order valence-corrected chi connectivity index (χ3v) is 1.90. The van der Waals surface area contributed by atoms with Crippen molar-refractivity contribution < 1.29 is 14.7 Å². The molecule has 1 aromatic heterocycles. The highest BCUT2D eigenvalue weighted by atomic mass is 16.7. The van der Waals surface area contributed by atoms with E-state index in [0.717, 1.165) is 0 Å². The minimum atomic E-state index is -0.642. The Morgan fingerprint density at radius 3 is 2.73 bits per heavy atom. The van der Waals surface area contributed by atoms with Crippen molar-refractivity contribution in [1.29, 1.82) is 0 Å². The molecule has 0 spiro atoms. The molecule has 0 aliphatic carbocycles. The molecule has 0 atom stereocenters. The van der Waals surface area contributed by atoms with Gasteiger partial charge in [0.2, 0.25) is 0 Å². The topological polar surface area (TPSA) is 62.7 Å². The van der Waals surface area contributed by atoms with E-state index in [0.29, 0.717) is 13.1 Å². The summed E-state index contributed by atoms with van der Waals surface area (Å²) < 4.78 is 0. The number of aromatic nitrogens is 1. The highest BCUT2D eigenvalue weighted by Crippen LogP contribution is 2.13. The minimum Gasteiger partial charge on any atom is -0.505 e. The summed E-state index contributed by atoms with van der Waals surface area (Å²) in [6.07, 6.45) is 1.43. The van der Waals surface area contributed by atoms with Crippen LogP contribution in [0.15, 0.2) is 18.3 Å². The van der Waals surface area contributed by atoms with Gasteiger partial charge in [-0.25, -0.2) is 9.78 Å². The first-order valence-electron chi connectivity index (χ1n) is 4.80. The third kappa shape index (κ3) is 2.92. The van der Waals surface area contributed by atoms with Crippen molar-refractivity contribution in [3.05, 3.63) is 24.0 Å². The Morgan fingerprint density at radius 1 is 1.53 bits per heavy atom. The molecule has 0 fully saturated rings. The fourth-order valence-electron chi connectivity index (χ4n) is 1.07. The lowest BCUT2D eigenvalue weighted by Crippen LogP contribution is -2.27. The number of carbonyl (C=O) groups is 1. The lowest BCUT2D eigenvalue weighted by atomic mass is 10.3. The van der Waals surface area contributed by atoms with Crippen LogP contribution in [0.5, 0.6) is 5.75 Å². The molecule has 0 aromatic carbocycles. The molecule has 0 radical (unpaired) electrons. The fraction of sp³-hybridized carbons (Fsp3) is 0.400. The van der Waals surface area contributed by atoms with Gasteiger partial charge in [-0.15, -0.1) is 5.06 Å². The number of rotatable bonds is 4. The smallest absolute Gasteiger partial charge is 0.379 e. The molecule has 0 unspecified atom stereocenters. The van der Waals surface area contributed by atoms with Gasteiger partial charge < -0.3 is 9.94 Å². The lowest BCUT2D eigenvalue weighted by Gasteiger charge is -2.16. The van der Waals surface area contributed by atoms with E-state index in [2.05, 4.69) is 4.98 Å². The Balaban J connectivity index is 2.73. The predicted octanol–water partition coefficient (Wildman–Crippen LogP) is 1.20. The summed E-state index contributed by atoms with van der Waals surface area (Å²) in [6.45, 7) is 4.93. The normalized spacial score (nSPS) is 10.3. The van der Waals surface area contributed by atoms with E-state index in [4.69, 9.17) is 4.84 Å². The number of pyridine rings is 1. The van der Waals surface area contributed by atoms with Crippen molar-refractivity contribution in [2.45, 2.75) is 13.8 Å². The zero-order chi connectivity index (χ0) is 11.3. The Kier molecular flexibility index (Phi) is 4.05. The van der Waals surface area contributed by atoms with Gasteiger partial charge in [0, 0.05) is 19.3 Å². The zero-order valence-electron chi connectivity index (χ0n) is 8.80. The maximum Gasteiger partial charge on any atom is 0.379 e. The molecule has 0 amide bonds. The summed E-state index contributed by atoms with van der Waals surface area (Å²) in [4.78, 5) is 20.2. The zero-order valence-corrected chi connectivity index (χ0v) is 8.80. The second-order valence-electron chi connectivity index (χ2n) is 2.86. The average molecular weight is 210 g/mol. The summed E-state index contributed by atoms with van der Waals surface area (Å²) >= 11 is 0. The predicted molar refractivity (Wildman–Crippen MR) is 54.2 cm³/mol. The van der Waals surface area contributed by atoms with Crippen LogP contribution in [0.4, 0.5) is 0 Å². The maximum absolute atomic E-state index is 11.5. The second-order valence-corrected chi connectivity index (χ2v) is 2.86. The third-order valence-electron chi connectivity index (χ3n) is 1.90. The van der Waals surface area contributed by atoms with Crippen LogP contribution in [0.25, 0.3) is 0 Å². The van der Waals surface area contributed by atoms with Crippen molar-refractivity contribution in [1.82, 2.24) is 10.0 Å². The average Bonchev–Trinajstić information content (AvgIpc) is 2.26. The van der Waals surface area contributed by atoms with Crippen LogP contribution in [-0.4, -0.2) is 34.2 Å². The van der Waals surface area contributed by atoms with E-state index in [9.17, 15) is 9.90 Å². The van der Waals surface area contributed by atoms with E-state index < -0.39 is 5.97 Å². The van der Waals surface area contributed by atoms with E-state index in [1.165, 1.54) is 17.3 Å². The molecule has 1 N–H and O–H groups in total. The largest absolute Gasteiger partial charge is 0.505 e. The van der Waals surface area contributed by atoms with Crippen molar-refractivity contribution in [3.63, 3.8) is 0 Å². The standard InChI is InChI=1S/C10H14N2O3/c1-3-12(4-2)15-10(14)9-8(13)6-5-7-11-9/h5-7,13H,3-4H2,1-2H3. The lowest BCUT2D eigenvalue weighted by molar-refractivity contribution is -0.103. The van der Waals surface area contributed by atoms with Gasteiger partial charge in [-0.3, -0.25) is 0 Å². The van der Waals surface area contributed by atoms with Crippen LogP contribution in [0.2, 0.25) is 0 Å². The molecule has 0 bridgehead atoms. The Hall–Kier alpha value is -1.62. The molecule has 1 aromatic rings. The summed E-state index contributed by atoms with van der Waals surface area (Å²) in [6, 6.07) is 2.94. The first kappa shape index (κ1) is 11.5. The van der Waals surface area contributed by atoms with Crippen molar-refractivity contribution in [2.75, 3.05) is 13.1 Å². The fourth-order valence-corrected chi connectivity index (χ4v) is 1.07. The molecular formula is C10H14N2O3. The summed E-state index contributed by atoms with van der Waals surface area (Å²) in [5, 5.41) is 10.8. The number of hydrogen-bond donors (Lipinski definition) is 1. The van der Waals surface area contributed by atoms with Crippen LogP contribution < -0.4 is 0 Å². The van der Waals surface area contributed by atoms with Gasteiger partial charge in [-0.1, -0.05) is 0 Å². The second kappa shape index (κ2) is 5.31. The van der Waals surface area contributed by atoms with Crippen molar-refractivity contribution in [3.8, 4) is 5.75 Å². The highest BCUT2D eigenvalue weighted by molar-refractivity contribution is 5.89. The Bertz CT molecular complexity index is 337. The molecule has 5 heteroatoms. The molecule has 1 rings (SSSR count). The molecule has 82 valence electrons. The van der Waals surface area contributed by atoms with Gasteiger partial charge in [0.25, 0.3) is 0 Å². The van der Waals surface area contributed by atoms with E-state index in [1.54, 1.807) is 6.07 Å². The summed E-state index contributed by atoms with van der Waals surface area (Å²) in [7, 11) is 0. The first-order chi connectivity index (χ1) is 7.19. The van der Waals surface area contributed by atoms with Gasteiger partial charge in [0.15, 0.2) is 5.69 Å². The highest BCUT2D eigenvalue weighted by Gasteiger charge is 2.16. The number of nitrogens with zero attached hydrogens (tertiary/aromatic N) is 2.